The number of benzene rings is 2. The standard InChI is InChI=1S/C21H20FN3O3S2/c22-16-5-7-17(8-6-16)30(27,28)25-13-11-24(12-14-25)21(26)15-29-20-9-10-23-19-4-2-1-3-18(19)20/h1-10H,11-15H2. The first-order valence-corrected chi connectivity index (χ1v) is 11.9. The molecule has 1 aliphatic heterocycles. The van der Waals surface area contributed by atoms with Gasteiger partial charge in [-0.15, -0.1) is 11.8 Å². The fourth-order valence-electron chi connectivity index (χ4n) is 3.36. The van der Waals surface area contributed by atoms with E-state index in [1.54, 1.807) is 11.1 Å². The van der Waals surface area contributed by atoms with Crippen LogP contribution in [0.4, 0.5) is 4.39 Å². The topological polar surface area (TPSA) is 70.6 Å². The molecule has 2 aromatic carbocycles. The lowest BCUT2D eigenvalue weighted by Crippen LogP contribution is -2.50. The fourth-order valence-corrected chi connectivity index (χ4v) is 5.73. The number of hydrogen-bond donors (Lipinski definition) is 0. The predicted octanol–water partition coefficient (Wildman–Crippen LogP) is 3.00. The molecule has 0 aliphatic carbocycles. The normalized spacial score (nSPS) is 15.4. The van der Waals surface area contributed by atoms with Crippen molar-refractivity contribution in [2.24, 2.45) is 0 Å². The Morgan fingerprint density at radius 2 is 1.70 bits per heavy atom. The van der Waals surface area contributed by atoms with Crippen LogP contribution in [0.25, 0.3) is 10.9 Å². The highest BCUT2D eigenvalue weighted by molar-refractivity contribution is 8.00. The monoisotopic (exact) mass is 445 g/mol. The smallest absolute Gasteiger partial charge is 0.243 e. The Labute approximate surface area is 178 Å². The zero-order valence-electron chi connectivity index (χ0n) is 16.1. The second kappa shape index (κ2) is 8.71. The van der Waals surface area contributed by atoms with Crippen LogP contribution in [0.2, 0.25) is 0 Å². The number of thioether (sulfide) groups is 1. The molecule has 0 spiro atoms. The Bertz CT molecular complexity index is 1160. The van der Waals surface area contributed by atoms with Gasteiger partial charge in [-0.05, 0) is 36.4 Å². The van der Waals surface area contributed by atoms with Crippen molar-refractivity contribution >= 4 is 38.6 Å². The molecule has 0 radical (unpaired) electrons. The summed E-state index contributed by atoms with van der Waals surface area (Å²) in [5.41, 5.74) is 0.884. The van der Waals surface area contributed by atoms with E-state index in [2.05, 4.69) is 4.98 Å². The van der Waals surface area contributed by atoms with Crippen molar-refractivity contribution in [3.8, 4) is 0 Å². The molecule has 1 fully saturated rings. The Balaban J connectivity index is 1.36. The van der Waals surface area contributed by atoms with Crippen molar-refractivity contribution in [2.45, 2.75) is 9.79 Å². The van der Waals surface area contributed by atoms with E-state index in [-0.39, 0.29) is 29.6 Å². The molecule has 0 saturated carbocycles. The Kier molecular flexibility index (Phi) is 6.03. The average molecular weight is 446 g/mol. The number of nitrogens with zero attached hydrogens (tertiary/aromatic N) is 3. The van der Waals surface area contributed by atoms with Gasteiger partial charge in [0.2, 0.25) is 15.9 Å². The van der Waals surface area contributed by atoms with Crippen LogP contribution in [0.15, 0.2) is 70.6 Å². The lowest BCUT2D eigenvalue weighted by molar-refractivity contribution is -0.129. The SMILES string of the molecule is O=C(CSc1ccnc2ccccc12)N1CCN(S(=O)(=O)c2ccc(F)cc2)CC1. The number of carbonyl (C=O) groups is 1. The summed E-state index contributed by atoms with van der Waals surface area (Å²) < 4.78 is 39.8. The van der Waals surface area contributed by atoms with E-state index in [1.165, 1.54) is 28.2 Å². The zero-order valence-corrected chi connectivity index (χ0v) is 17.7. The Morgan fingerprint density at radius 3 is 2.43 bits per heavy atom. The highest BCUT2D eigenvalue weighted by Gasteiger charge is 2.30. The van der Waals surface area contributed by atoms with Crippen molar-refractivity contribution in [1.82, 2.24) is 14.2 Å². The highest BCUT2D eigenvalue weighted by Crippen LogP contribution is 2.27. The number of carbonyl (C=O) groups excluding carboxylic acids is 1. The second-order valence-electron chi connectivity index (χ2n) is 6.85. The van der Waals surface area contributed by atoms with Crippen molar-refractivity contribution < 1.29 is 17.6 Å². The molecule has 156 valence electrons. The van der Waals surface area contributed by atoms with Crippen LogP contribution in [0.3, 0.4) is 0 Å². The van der Waals surface area contributed by atoms with Crippen LogP contribution in [-0.4, -0.2) is 60.4 Å². The molecule has 6 nitrogen and oxygen atoms in total. The van der Waals surface area contributed by atoms with Crippen LogP contribution >= 0.6 is 11.8 Å². The van der Waals surface area contributed by atoms with Crippen LogP contribution in [0.1, 0.15) is 0 Å². The molecule has 1 aromatic heterocycles. The molecule has 0 bridgehead atoms. The molecule has 1 saturated heterocycles. The summed E-state index contributed by atoms with van der Waals surface area (Å²) in [5, 5.41) is 1.01. The van der Waals surface area contributed by atoms with Gasteiger partial charge in [-0.25, -0.2) is 12.8 Å². The van der Waals surface area contributed by atoms with Crippen LogP contribution in [-0.2, 0) is 14.8 Å². The van der Waals surface area contributed by atoms with Gasteiger partial charge in [0.1, 0.15) is 5.82 Å². The van der Waals surface area contributed by atoms with E-state index in [4.69, 9.17) is 0 Å². The van der Waals surface area contributed by atoms with Crippen molar-refractivity contribution in [3.05, 3.63) is 66.6 Å². The summed E-state index contributed by atoms with van der Waals surface area (Å²) >= 11 is 1.46. The molecular formula is C21H20FN3O3S2. The first-order valence-electron chi connectivity index (χ1n) is 9.45. The van der Waals surface area contributed by atoms with Crippen molar-refractivity contribution in [3.63, 3.8) is 0 Å². The molecule has 0 N–H and O–H groups in total. The zero-order chi connectivity index (χ0) is 21.1. The van der Waals surface area contributed by atoms with E-state index in [9.17, 15) is 17.6 Å². The summed E-state index contributed by atoms with van der Waals surface area (Å²) in [4.78, 5) is 19.7. The molecule has 30 heavy (non-hydrogen) atoms. The van der Waals surface area contributed by atoms with Crippen LogP contribution in [0, 0.1) is 5.82 Å². The minimum absolute atomic E-state index is 0.0280. The maximum Gasteiger partial charge on any atom is 0.243 e. The van der Waals surface area contributed by atoms with Crippen molar-refractivity contribution in [2.75, 3.05) is 31.9 Å². The van der Waals surface area contributed by atoms with E-state index in [1.807, 2.05) is 30.3 Å². The lowest BCUT2D eigenvalue weighted by Gasteiger charge is -2.34. The number of para-hydroxylation sites is 1. The molecule has 1 amide bonds. The summed E-state index contributed by atoms with van der Waals surface area (Å²) in [6.45, 7) is 1.09. The van der Waals surface area contributed by atoms with Gasteiger partial charge in [0.05, 0.1) is 16.2 Å². The third-order valence-electron chi connectivity index (χ3n) is 5.00. The van der Waals surface area contributed by atoms with Gasteiger partial charge in [0.15, 0.2) is 0 Å². The Morgan fingerprint density at radius 1 is 1.00 bits per heavy atom. The van der Waals surface area contributed by atoms with E-state index >= 15 is 0 Å². The molecule has 1 aliphatic rings. The van der Waals surface area contributed by atoms with E-state index in [0.29, 0.717) is 13.1 Å². The molecule has 3 aromatic rings. The maximum atomic E-state index is 13.1. The second-order valence-corrected chi connectivity index (χ2v) is 9.81. The van der Waals surface area contributed by atoms with Crippen LogP contribution < -0.4 is 0 Å². The minimum atomic E-state index is -3.69. The number of sulfonamides is 1. The molecule has 0 atom stereocenters. The number of hydrogen-bond acceptors (Lipinski definition) is 5. The molecule has 0 unspecified atom stereocenters. The van der Waals surface area contributed by atoms with Crippen LogP contribution in [0.5, 0.6) is 0 Å². The fraction of sp³-hybridized carbons (Fsp3) is 0.238. The minimum Gasteiger partial charge on any atom is -0.339 e. The number of pyridine rings is 1. The highest BCUT2D eigenvalue weighted by atomic mass is 32.2. The van der Waals surface area contributed by atoms with Crippen molar-refractivity contribution in [1.29, 1.82) is 0 Å². The third kappa shape index (κ3) is 4.33. The summed E-state index contributed by atoms with van der Waals surface area (Å²) in [6, 6.07) is 14.5. The van der Waals surface area contributed by atoms with Gasteiger partial charge < -0.3 is 4.90 Å². The summed E-state index contributed by atoms with van der Waals surface area (Å²) in [7, 11) is -3.69. The van der Waals surface area contributed by atoms with Gasteiger partial charge in [-0.1, -0.05) is 18.2 Å². The quantitative estimate of drug-likeness (QED) is 0.565. The Hall–Kier alpha value is -2.49. The van der Waals surface area contributed by atoms with Gasteiger partial charge >= 0.3 is 0 Å². The number of amides is 1. The number of piperazine rings is 1. The molecule has 4 rings (SSSR count). The van der Waals surface area contributed by atoms with E-state index in [0.717, 1.165) is 27.9 Å². The lowest BCUT2D eigenvalue weighted by atomic mass is 10.2. The van der Waals surface area contributed by atoms with E-state index < -0.39 is 15.8 Å². The number of fused-ring (bicyclic) bond motifs is 1. The number of rotatable bonds is 5. The van der Waals surface area contributed by atoms with Gasteiger partial charge in [0, 0.05) is 42.7 Å². The first-order chi connectivity index (χ1) is 14.4. The third-order valence-corrected chi connectivity index (χ3v) is 7.97. The van der Waals surface area contributed by atoms with Gasteiger partial charge in [-0.3, -0.25) is 9.78 Å². The largest absolute Gasteiger partial charge is 0.339 e. The summed E-state index contributed by atoms with van der Waals surface area (Å²) in [5.74, 6) is -0.234. The molecule has 2 heterocycles. The van der Waals surface area contributed by atoms with Gasteiger partial charge in [-0.2, -0.15) is 4.31 Å². The molecular weight excluding hydrogens is 425 g/mol. The van der Waals surface area contributed by atoms with Gasteiger partial charge in [0.25, 0.3) is 0 Å². The average Bonchev–Trinajstić information content (AvgIpc) is 2.78. The first kappa shape index (κ1) is 20.8. The molecule has 9 heteroatoms. The number of aromatic nitrogens is 1. The maximum absolute atomic E-state index is 13.1. The predicted molar refractivity (Wildman–Crippen MR) is 114 cm³/mol. The number of halogens is 1. The summed E-state index contributed by atoms with van der Waals surface area (Å²) in [6.07, 6.45) is 1.73.